The predicted octanol–water partition coefficient (Wildman–Crippen LogP) is 13.8. The van der Waals surface area contributed by atoms with Crippen molar-refractivity contribution in [1.82, 2.24) is 19.5 Å². The predicted molar refractivity (Wildman–Crippen MR) is 238 cm³/mol. The number of aromatic nitrogens is 4. The summed E-state index contributed by atoms with van der Waals surface area (Å²) in [7, 11) is 0. The maximum absolute atomic E-state index is 5.41. The van der Waals surface area contributed by atoms with E-state index < -0.39 is 0 Å². The van der Waals surface area contributed by atoms with E-state index in [0.29, 0.717) is 17.5 Å². The largest absolute Gasteiger partial charge is 0.309 e. The molecule has 1 aliphatic rings. The molecule has 3 aromatic heterocycles. The minimum atomic E-state index is -0.148. The van der Waals surface area contributed by atoms with Crippen LogP contribution < -0.4 is 0 Å². The van der Waals surface area contributed by atoms with Crippen molar-refractivity contribution in [1.29, 1.82) is 0 Å². The van der Waals surface area contributed by atoms with Gasteiger partial charge < -0.3 is 4.57 Å². The molecule has 57 heavy (non-hydrogen) atoms. The number of para-hydroxylation sites is 1. The Labute approximate surface area is 333 Å². The van der Waals surface area contributed by atoms with E-state index in [2.05, 4.69) is 170 Å². The molecule has 8 aromatic carbocycles. The molecule has 0 saturated heterocycles. The van der Waals surface area contributed by atoms with E-state index in [-0.39, 0.29) is 5.41 Å². The molecule has 0 radical (unpaired) electrons. The number of benzene rings is 8. The second-order valence-electron chi connectivity index (χ2n) is 15.6. The zero-order chi connectivity index (χ0) is 37.8. The maximum atomic E-state index is 5.41. The molecule has 0 fully saturated rings. The molecule has 0 atom stereocenters. The summed E-state index contributed by atoms with van der Waals surface area (Å²) in [6.07, 6.45) is 0. The van der Waals surface area contributed by atoms with Crippen molar-refractivity contribution in [2.24, 2.45) is 0 Å². The average Bonchev–Trinajstić information content (AvgIpc) is 3.89. The highest BCUT2D eigenvalue weighted by Gasteiger charge is 2.35. The van der Waals surface area contributed by atoms with Gasteiger partial charge in [0.2, 0.25) is 0 Å². The molecule has 0 bridgehead atoms. The van der Waals surface area contributed by atoms with Crippen molar-refractivity contribution in [3.63, 3.8) is 0 Å². The standard InChI is InChI=1S/C52H34N4S/c1-52(2)42-21-11-8-18-36(42)37-26-24-33(28-43(37)52)50-53-49(32-15-4-3-5-16-32)54-51(55-50)41-30-34(29-40-38-19-10-13-23-46(38)57-48(40)41)56-44-22-12-9-20-39(44)47-35-17-7-6-14-31(35)25-27-45(47)56/h3-30H,1-2H3. The van der Waals surface area contributed by atoms with Gasteiger partial charge >= 0.3 is 0 Å². The zero-order valence-corrected chi connectivity index (χ0v) is 32.2. The monoisotopic (exact) mass is 746 g/mol. The third kappa shape index (κ3) is 4.76. The molecule has 3 heterocycles. The van der Waals surface area contributed by atoms with Gasteiger partial charge in [0.05, 0.1) is 11.0 Å². The second-order valence-corrected chi connectivity index (χ2v) is 16.7. The molecule has 268 valence electrons. The van der Waals surface area contributed by atoms with Crippen molar-refractivity contribution < 1.29 is 0 Å². The van der Waals surface area contributed by atoms with E-state index in [9.17, 15) is 0 Å². The van der Waals surface area contributed by atoms with Crippen LogP contribution in [0.15, 0.2) is 170 Å². The molecular formula is C52H34N4S. The van der Waals surface area contributed by atoms with Gasteiger partial charge in [-0.25, -0.2) is 15.0 Å². The fourth-order valence-corrected chi connectivity index (χ4v) is 10.5. The summed E-state index contributed by atoms with van der Waals surface area (Å²) in [5.41, 5.74) is 11.4. The fourth-order valence-electron chi connectivity index (χ4n) is 9.31. The Morgan fingerprint density at radius 1 is 0.456 bits per heavy atom. The number of rotatable bonds is 4. The summed E-state index contributed by atoms with van der Waals surface area (Å²) >= 11 is 1.80. The highest BCUT2D eigenvalue weighted by molar-refractivity contribution is 7.26. The second kappa shape index (κ2) is 12.0. The highest BCUT2D eigenvalue weighted by atomic mass is 32.1. The van der Waals surface area contributed by atoms with Gasteiger partial charge in [-0.05, 0) is 69.4 Å². The third-order valence-electron chi connectivity index (χ3n) is 12.0. The maximum Gasteiger partial charge on any atom is 0.165 e. The molecule has 0 spiro atoms. The first-order chi connectivity index (χ1) is 28.0. The average molecular weight is 747 g/mol. The van der Waals surface area contributed by atoms with Crippen LogP contribution in [0.25, 0.3) is 104 Å². The minimum Gasteiger partial charge on any atom is -0.309 e. The van der Waals surface area contributed by atoms with Gasteiger partial charge in [0.15, 0.2) is 17.5 Å². The molecule has 0 unspecified atom stereocenters. The Hall–Kier alpha value is -6.95. The summed E-state index contributed by atoms with van der Waals surface area (Å²) in [6, 6.07) is 61.1. The van der Waals surface area contributed by atoms with Crippen LogP contribution >= 0.6 is 11.3 Å². The van der Waals surface area contributed by atoms with Crippen LogP contribution in [0.1, 0.15) is 25.0 Å². The minimum absolute atomic E-state index is 0.148. The van der Waals surface area contributed by atoms with Gasteiger partial charge in [0.1, 0.15) is 0 Å². The summed E-state index contributed by atoms with van der Waals surface area (Å²) < 4.78 is 4.82. The lowest BCUT2D eigenvalue weighted by Gasteiger charge is -2.21. The first-order valence-corrected chi connectivity index (χ1v) is 20.3. The SMILES string of the molecule is CC1(C)c2ccccc2-c2ccc(-c3nc(-c4ccccc4)nc(-c4cc(-n5c6ccccc6c6c7ccccc7ccc65)cc5c4sc4ccccc45)n3)cc21. The number of hydrogen-bond donors (Lipinski definition) is 0. The van der Waals surface area contributed by atoms with E-state index >= 15 is 0 Å². The van der Waals surface area contributed by atoms with Gasteiger partial charge in [-0.15, -0.1) is 11.3 Å². The first-order valence-electron chi connectivity index (χ1n) is 19.4. The summed E-state index contributed by atoms with van der Waals surface area (Å²) in [5, 5.41) is 7.40. The van der Waals surface area contributed by atoms with Crippen molar-refractivity contribution in [2.75, 3.05) is 0 Å². The molecule has 4 nitrogen and oxygen atoms in total. The van der Waals surface area contributed by atoms with Crippen LogP contribution in [0.5, 0.6) is 0 Å². The van der Waals surface area contributed by atoms with E-state index in [0.717, 1.165) is 32.6 Å². The lowest BCUT2D eigenvalue weighted by Crippen LogP contribution is -2.15. The number of hydrogen-bond acceptors (Lipinski definition) is 4. The van der Waals surface area contributed by atoms with Crippen molar-refractivity contribution in [3.8, 4) is 51.0 Å². The van der Waals surface area contributed by atoms with Crippen molar-refractivity contribution >= 4 is 64.1 Å². The Morgan fingerprint density at radius 3 is 2.02 bits per heavy atom. The van der Waals surface area contributed by atoms with Gasteiger partial charge in [0.25, 0.3) is 0 Å². The van der Waals surface area contributed by atoms with Crippen LogP contribution in [0, 0.1) is 0 Å². The molecule has 12 rings (SSSR count). The highest BCUT2D eigenvalue weighted by Crippen LogP contribution is 2.50. The summed E-state index contributed by atoms with van der Waals surface area (Å²) in [4.78, 5) is 15.9. The van der Waals surface area contributed by atoms with E-state index in [4.69, 9.17) is 15.0 Å². The molecule has 5 heteroatoms. The quantitative estimate of drug-likeness (QED) is 0.180. The summed E-state index contributed by atoms with van der Waals surface area (Å²) in [6.45, 7) is 4.63. The van der Waals surface area contributed by atoms with E-state index in [1.807, 2.05) is 18.2 Å². The van der Waals surface area contributed by atoms with Gasteiger partial charge in [-0.2, -0.15) is 0 Å². The van der Waals surface area contributed by atoms with E-state index in [1.54, 1.807) is 11.3 Å². The van der Waals surface area contributed by atoms with Crippen LogP contribution in [-0.2, 0) is 5.41 Å². The molecule has 0 amide bonds. The van der Waals surface area contributed by atoms with Gasteiger partial charge in [0, 0.05) is 58.7 Å². The summed E-state index contributed by atoms with van der Waals surface area (Å²) in [5.74, 6) is 1.98. The van der Waals surface area contributed by atoms with Gasteiger partial charge in [-0.3, -0.25) is 0 Å². The molecular weight excluding hydrogens is 713 g/mol. The van der Waals surface area contributed by atoms with E-state index in [1.165, 1.54) is 64.8 Å². The molecule has 0 N–H and O–H groups in total. The Kier molecular flexibility index (Phi) is 6.82. The van der Waals surface area contributed by atoms with Crippen LogP contribution in [0.2, 0.25) is 0 Å². The normalized spacial score (nSPS) is 13.2. The Balaban J connectivity index is 1.15. The zero-order valence-electron chi connectivity index (χ0n) is 31.4. The Bertz CT molecular complexity index is 3450. The lowest BCUT2D eigenvalue weighted by atomic mass is 9.82. The Morgan fingerprint density at radius 2 is 1.14 bits per heavy atom. The molecule has 0 saturated carbocycles. The number of thiophene rings is 1. The number of fused-ring (bicyclic) bond motifs is 11. The molecule has 0 aliphatic heterocycles. The van der Waals surface area contributed by atoms with Crippen LogP contribution in [0.3, 0.4) is 0 Å². The van der Waals surface area contributed by atoms with Crippen LogP contribution in [0.4, 0.5) is 0 Å². The number of nitrogens with zero attached hydrogens (tertiary/aromatic N) is 4. The smallest absolute Gasteiger partial charge is 0.165 e. The van der Waals surface area contributed by atoms with Crippen LogP contribution in [-0.4, -0.2) is 19.5 Å². The van der Waals surface area contributed by atoms with Gasteiger partial charge in [-0.1, -0.05) is 147 Å². The lowest BCUT2D eigenvalue weighted by molar-refractivity contribution is 0.660. The fraction of sp³-hybridized carbons (Fsp3) is 0.0577. The van der Waals surface area contributed by atoms with Crippen molar-refractivity contribution in [3.05, 3.63) is 181 Å². The van der Waals surface area contributed by atoms with Crippen molar-refractivity contribution in [2.45, 2.75) is 19.3 Å². The third-order valence-corrected chi connectivity index (χ3v) is 13.3. The first kappa shape index (κ1) is 32.3. The molecule has 1 aliphatic carbocycles. The molecule has 11 aromatic rings. The topological polar surface area (TPSA) is 43.6 Å².